The molecular weight excluding hydrogens is 262 g/mol. The van der Waals surface area contributed by atoms with Crippen LogP contribution in [0.15, 0.2) is 35.2 Å². The molecule has 4 nitrogen and oxygen atoms in total. The van der Waals surface area contributed by atoms with Crippen LogP contribution < -0.4 is 5.32 Å². The predicted octanol–water partition coefficient (Wildman–Crippen LogP) is 2.85. The van der Waals surface area contributed by atoms with Crippen molar-refractivity contribution in [3.8, 4) is 0 Å². The molecule has 1 aliphatic rings. The number of thioether (sulfide) groups is 1. The second-order valence-electron chi connectivity index (χ2n) is 4.49. The topological polar surface area (TPSA) is 55.4 Å². The molecular formula is C14H15NO3S. The zero-order valence-corrected chi connectivity index (χ0v) is 11.7. The first-order chi connectivity index (χ1) is 8.97. The third kappa shape index (κ3) is 3.17. The van der Waals surface area contributed by atoms with Crippen LogP contribution in [0.3, 0.4) is 0 Å². The van der Waals surface area contributed by atoms with Gasteiger partial charge in [0.15, 0.2) is 0 Å². The molecule has 2 rings (SSSR count). The van der Waals surface area contributed by atoms with Crippen LogP contribution in [0, 0.1) is 0 Å². The fraction of sp³-hybridized carbons (Fsp3) is 0.286. The fourth-order valence-corrected chi connectivity index (χ4v) is 2.54. The van der Waals surface area contributed by atoms with E-state index in [1.54, 1.807) is 19.1 Å². The number of carbonyl (C=O) groups excluding carboxylic acids is 2. The van der Waals surface area contributed by atoms with Crippen LogP contribution in [0.4, 0.5) is 5.69 Å². The summed E-state index contributed by atoms with van der Waals surface area (Å²) in [7, 11) is 0. The van der Waals surface area contributed by atoms with Crippen LogP contribution in [0.2, 0.25) is 0 Å². The quantitative estimate of drug-likeness (QED) is 0.682. The van der Waals surface area contributed by atoms with Crippen LogP contribution in [0.5, 0.6) is 0 Å². The Labute approximate surface area is 116 Å². The number of amides is 1. The predicted molar refractivity (Wildman–Crippen MR) is 75.5 cm³/mol. The first kappa shape index (κ1) is 13.7. The number of hydrogen-bond donors (Lipinski definition) is 1. The average Bonchev–Trinajstić information content (AvgIpc) is 2.36. The van der Waals surface area contributed by atoms with Gasteiger partial charge in [-0.3, -0.25) is 4.79 Å². The lowest BCUT2D eigenvalue weighted by Gasteiger charge is -2.21. The van der Waals surface area contributed by atoms with E-state index in [0.717, 1.165) is 10.5 Å². The molecule has 0 bridgehead atoms. The molecule has 100 valence electrons. The number of ether oxygens (including phenoxy) is 1. The Morgan fingerprint density at radius 2 is 2.26 bits per heavy atom. The highest BCUT2D eigenvalue weighted by atomic mass is 32.2. The van der Waals surface area contributed by atoms with E-state index in [-0.39, 0.29) is 17.8 Å². The summed E-state index contributed by atoms with van der Waals surface area (Å²) >= 11 is 1.48. The zero-order chi connectivity index (χ0) is 14.0. The Balaban J connectivity index is 2.17. The van der Waals surface area contributed by atoms with E-state index in [1.807, 2.05) is 13.0 Å². The Hall–Kier alpha value is -1.75. The van der Waals surface area contributed by atoms with Crippen LogP contribution in [0.25, 0.3) is 0 Å². The minimum absolute atomic E-state index is 0.0510. The van der Waals surface area contributed by atoms with E-state index in [4.69, 9.17) is 4.74 Å². The van der Waals surface area contributed by atoms with Crippen LogP contribution >= 0.6 is 11.8 Å². The van der Waals surface area contributed by atoms with Crippen molar-refractivity contribution in [2.45, 2.75) is 24.0 Å². The van der Waals surface area contributed by atoms with Gasteiger partial charge in [0.2, 0.25) is 5.91 Å². The molecule has 0 aromatic heterocycles. The number of anilines is 1. The van der Waals surface area contributed by atoms with Crippen molar-refractivity contribution in [2.24, 2.45) is 0 Å². The second-order valence-corrected chi connectivity index (χ2v) is 5.88. The molecule has 19 heavy (non-hydrogen) atoms. The zero-order valence-electron chi connectivity index (χ0n) is 10.9. The highest BCUT2D eigenvalue weighted by Gasteiger charge is 2.23. The number of fused-ring (bicyclic) bond motifs is 1. The number of esters is 1. The van der Waals surface area contributed by atoms with Crippen LogP contribution in [-0.2, 0) is 9.53 Å². The summed E-state index contributed by atoms with van der Waals surface area (Å²) in [4.78, 5) is 24.4. The minimum atomic E-state index is -0.413. The van der Waals surface area contributed by atoms with Gasteiger partial charge in [-0.1, -0.05) is 6.58 Å². The van der Waals surface area contributed by atoms with Crippen molar-refractivity contribution < 1.29 is 14.3 Å². The summed E-state index contributed by atoms with van der Waals surface area (Å²) in [5.41, 5.74) is 1.87. The van der Waals surface area contributed by atoms with Crippen molar-refractivity contribution in [3.63, 3.8) is 0 Å². The smallest absolute Gasteiger partial charge is 0.338 e. The number of carbonyl (C=O) groups is 2. The summed E-state index contributed by atoms with van der Waals surface area (Å²) in [6, 6.07) is 5.18. The molecule has 0 aliphatic carbocycles. The molecule has 0 radical (unpaired) electrons. The summed E-state index contributed by atoms with van der Waals surface area (Å²) in [6.45, 7) is 7.51. The van der Waals surface area contributed by atoms with Crippen molar-refractivity contribution in [3.05, 3.63) is 35.9 Å². The molecule has 1 aromatic carbocycles. The molecule has 1 amide bonds. The van der Waals surface area contributed by atoms with Gasteiger partial charge in [-0.25, -0.2) is 4.79 Å². The first-order valence-electron chi connectivity index (χ1n) is 5.90. The number of benzene rings is 1. The van der Waals surface area contributed by atoms with Gasteiger partial charge in [0, 0.05) is 4.90 Å². The van der Waals surface area contributed by atoms with E-state index in [9.17, 15) is 9.59 Å². The lowest BCUT2D eigenvalue weighted by Crippen LogP contribution is -2.26. The lowest BCUT2D eigenvalue weighted by atomic mass is 10.2. The van der Waals surface area contributed by atoms with E-state index < -0.39 is 5.97 Å². The Kier molecular flexibility index (Phi) is 3.95. The van der Waals surface area contributed by atoms with Gasteiger partial charge in [0.1, 0.15) is 6.61 Å². The highest BCUT2D eigenvalue weighted by molar-refractivity contribution is 8.00. The van der Waals surface area contributed by atoms with E-state index >= 15 is 0 Å². The van der Waals surface area contributed by atoms with Crippen molar-refractivity contribution in [1.29, 1.82) is 0 Å². The number of nitrogens with one attached hydrogen (secondary N) is 1. The molecule has 0 spiro atoms. The fourth-order valence-electron chi connectivity index (χ4n) is 1.61. The minimum Gasteiger partial charge on any atom is -0.458 e. The third-order valence-electron chi connectivity index (χ3n) is 2.60. The monoisotopic (exact) mass is 277 g/mol. The molecule has 1 heterocycles. The summed E-state index contributed by atoms with van der Waals surface area (Å²) < 4.78 is 5.07. The lowest BCUT2D eigenvalue weighted by molar-refractivity contribution is -0.115. The Morgan fingerprint density at radius 3 is 2.95 bits per heavy atom. The maximum atomic E-state index is 11.8. The van der Waals surface area contributed by atoms with Gasteiger partial charge in [0.05, 0.1) is 16.5 Å². The normalized spacial score (nSPS) is 17.4. The van der Waals surface area contributed by atoms with Gasteiger partial charge in [-0.2, -0.15) is 0 Å². The molecule has 1 atom stereocenters. The van der Waals surface area contributed by atoms with E-state index in [1.165, 1.54) is 11.8 Å². The third-order valence-corrected chi connectivity index (χ3v) is 3.77. The average molecular weight is 277 g/mol. The van der Waals surface area contributed by atoms with Gasteiger partial charge < -0.3 is 10.1 Å². The van der Waals surface area contributed by atoms with Gasteiger partial charge >= 0.3 is 5.97 Å². The van der Waals surface area contributed by atoms with Crippen molar-refractivity contribution >= 4 is 29.3 Å². The van der Waals surface area contributed by atoms with Crippen LogP contribution in [0.1, 0.15) is 24.2 Å². The van der Waals surface area contributed by atoms with Gasteiger partial charge in [-0.05, 0) is 37.6 Å². The Morgan fingerprint density at radius 1 is 1.53 bits per heavy atom. The SMILES string of the molecule is C=C(C)COC(=O)c1ccc2c(c1)NC(=O)C(C)S2. The van der Waals surface area contributed by atoms with E-state index in [2.05, 4.69) is 11.9 Å². The number of hydrogen-bond acceptors (Lipinski definition) is 4. The molecule has 1 aromatic rings. The maximum Gasteiger partial charge on any atom is 0.338 e. The van der Waals surface area contributed by atoms with E-state index in [0.29, 0.717) is 11.3 Å². The molecule has 1 N–H and O–H groups in total. The molecule has 5 heteroatoms. The summed E-state index contributed by atoms with van der Waals surface area (Å²) in [5, 5.41) is 2.67. The molecule has 1 aliphatic heterocycles. The highest BCUT2D eigenvalue weighted by Crippen LogP contribution is 2.35. The molecule has 0 fully saturated rings. The second kappa shape index (κ2) is 5.48. The summed E-state index contributed by atoms with van der Waals surface area (Å²) in [6.07, 6.45) is 0. The molecule has 0 saturated heterocycles. The largest absolute Gasteiger partial charge is 0.458 e. The summed E-state index contributed by atoms with van der Waals surface area (Å²) in [5.74, 6) is -0.464. The van der Waals surface area contributed by atoms with Crippen molar-refractivity contribution in [1.82, 2.24) is 0 Å². The van der Waals surface area contributed by atoms with Crippen molar-refractivity contribution in [2.75, 3.05) is 11.9 Å². The molecule has 0 saturated carbocycles. The maximum absolute atomic E-state index is 11.8. The Bertz CT molecular complexity index is 554. The van der Waals surface area contributed by atoms with Crippen LogP contribution in [-0.4, -0.2) is 23.7 Å². The number of rotatable bonds is 3. The molecule has 1 unspecified atom stereocenters. The van der Waals surface area contributed by atoms with Gasteiger partial charge in [0.25, 0.3) is 0 Å². The van der Waals surface area contributed by atoms with Gasteiger partial charge in [-0.15, -0.1) is 11.8 Å². The standard InChI is InChI=1S/C14H15NO3S/c1-8(2)7-18-14(17)10-4-5-12-11(6-10)15-13(16)9(3)19-12/h4-6,9H,1,7H2,2-3H3,(H,15,16). The first-order valence-corrected chi connectivity index (χ1v) is 6.78.